The molecule has 94 valence electrons. The van der Waals surface area contributed by atoms with E-state index in [4.69, 9.17) is 4.74 Å². The van der Waals surface area contributed by atoms with E-state index in [1.165, 1.54) is 12.5 Å². The molecule has 1 saturated heterocycles. The number of phenolic OH excluding ortho intramolecular Hbond substituents is 2. The van der Waals surface area contributed by atoms with Gasteiger partial charge in [-0.1, -0.05) is 12.1 Å². The topological polar surface area (TPSA) is 61.7 Å². The molecule has 0 spiro atoms. The SMILES string of the molecule is Oc1cccc(CNCC2CCCCO2)c1O. The Hall–Kier alpha value is -1.26. The van der Waals surface area contributed by atoms with E-state index in [0.717, 1.165) is 26.0 Å². The Kier molecular flexibility index (Phi) is 4.23. The third kappa shape index (κ3) is 3.35. The lowest BCUT2D eigenvalue weighted by Crippen LogP contribution is -2.31. The monoisotopic (exact) mass is 237 g/mol. The van der Waals surface area contributed by atoms with E-state index >= 15 is 0 Å². The predicted molar refractivity (Wildman–Crippen MR) is 65.1 cm³/mol. The molecule has 17 heavy (non-hydrogen) atoms. The molecule has 0 aliphatic carbocycles. The summed E-state index contributed by atoms with van der Waals surface area (Å²) < 4.78 is 5.60. The summed E-state index contributed by atoms with van der Waals surface area (Å²) in [7, 11) is 0. The van der Waals surface area contributed by atoms with E-state index < -0.39 is 0 Å². The van der Waals surface area contributed by atoms with E-state index in [9.17, 15) is 10.2 Å². The maximum atomic E-state index is 9.61. The second kappa shape index (κ2) is 5.89. The summed E-state index contributed by atoms with van der Waals surface area (Å²) in [6, 6.07) is 5.00. The van der Waals surface area contributed by atoms with Gasteiger partial charge in [0.15, 0.2) is 11.5 Å². The van der Waals surface area contributed by atoms with Crippen LogP contribution in [0.1, 0.15) is 24.8 Å². The molecular weight excluding hydrogens is 218 g/mol. The van der Waals surface area contributed by atoms with E-state index in [0.29, 0.717) is 12.1 Å². The molecule has 1 aliphatic rings. The number of benzene rings is 1. The number of nitrogens with one attached hydrogen (secondary N) is 1. The van der Waals surface area contributed by atoms with Crippen LogP contribution >= 0.6 is 0 Å². The molecule has 0 bridgehead atoms. The third-order valence-electron chi connectivity index (χ3n) is 3.06. The highest BCUT2D eigenvalue weighted by atomic mass is 16.5. The smallest absolute Gasteiger partial charge is 0.161 e. The first-order valence-electron chi connectivity index (χ1n) is 6.09. The van der Waals surface area contributed by atoms with Crippen LogP contribution in [-0.2, 0) is 11.3 Å². The van der Waals surface area contributed by atoms with Crippen molar-refractivity contribution in [1.82, 2.24) is 5.32 Å². The molecule has 1 fully saturated rings. The van der Waals surface area contributed by atoms with Crippen molar-refractivity contribution >= 4 is 0 Å². The van der Waals surface area contributed by atoms with Crippen LogP contribution in [0.2, 0.25) is 0 Å². The zero-order chi connectivity index (χ0) is 12.1. The standard InChI is InChI=1S/C13H19NO3/c15-12-6-3-4-10(13(12)16)8-14-9-11-5-1-2-7-17-11/h3-4,6,11,14-16H,1-2,5,7-9H2. The molecular formula is C13H19NO3. The molecule has 1 aromatic carbocycles. The first-order valence-corrected chi connectivity index (χ1v) is 6.09. The molecule has 1 heterocycles. The van der Waals surface area contributed by atoms with Crippen LogP contribution in [0.5, 0.6) is 11.5 Å². The largest absolute Gasteiger partial charge is 0.504 e. The minimum Gasteiger partial charge on any atom is -0.504 e. The van der Waals surface area contributed by atoms with E-state index in [1.807, 2.05) is 0 Å². The lowest BCUT2D eigenvalue weighted by atomic mass is 10.1. The van der Waals surface area contributed by atoms with Crippen molar-refractivity contribution in [1.29, 1.82) is 0 Å². The Morgan fingerprint density at radius 1 is 1.29 bits per heavy atom. The minimum atomic E-state index is -0.0711. The van der Waals surface area contributed by atoms with Crippen LogP contribution in [-0.4, -0.2) is 29.5 Å². The average Bonchev–Trinajstić information content (AvgIpc) is 2.36. The quantitative estimate of drug-likeness (QED) is 0.698. The van der Waals surface area contributed by atoms with Gasteiger partial charge in [-0.15, -0.1) is 0 Å². The Balaban J connectivity index is 1.79. The molecule has 0 saturated carbocycles. The van der Waals surface area contributed by atoms with Crippen molar-refractivity contribution in [3.8, 4) is 11.5 Å². The Bertz CT molecular complexity index is 362. The summed E-state index contributed by atoms with van der Waals surface area (Å²) in [6.07, 6.45) is 3.76. The summed E-state index contributed by atoms with van der Waals surface area (Å²) in [5.41, 5.74) is 0.709. The molecule has 1 atom stereocenters. The zero-order valence-electron chi connectivity index (χ0n) is 9.85. The number of ether oxygens (including phenoxy) is 1. The van der Waals surface area contributed by atoms with Crippen molar-refractivity contribution in [3.63, 3.8) is 0 Å². The van der Waals surface area contributed by atoms with Gasteiger partial charge in [0.1, 0.15) is 0 Å². The fourth-order valence-corrected chi connectivity index (χ4v) is 2.06. The van der Waals surface area contributed by atoms with Crippen LogP contribution in [0, 0.1) is 0 Å². The number of hydrogen-bond donors (Lipinski definition) is 3. The lowest BCUT2D eigenvalue weighted by molar-refractivity contribution is 0.0167. The van der Waals surface area contributed by atoms with Crippen molar-refractivity contribution in [2.75, 3.05) is 13.2 Å². The Labute approximate surface area is 101 Å². The van der Waals surface area contributed by atoms with Gasteiger partial charge in [0.25, 0.3) is 0 Å². The molecule has 4 nitrogen and oxygen atoms in total. The fraction of sp³-hybridized carbons (Fsp3) is 0.538. The molecule has 1 aliphatic heterocycles. The molecule has 2 rings (SSSR count). The summed E-state index contributed by atoms with van der Waals surface area (Å²) in [5.74, 6) is -0.109. The summed E-state index contributed by atoms with van der Waals surface area (Å²) in [6.45, 7) is 2.18. The van der Waals surface area contributed by atoms with Crippen molar-refractivity contribution in [3.05, 3.63) is 23.8 Å². The number of rotatable bonds is 4. The van der Waals surface area contributed by atoms with Crippen LogP contribution in [0.4, 0.5) is 0 Å². The number of aromatic hydroxyl groups is 2. The highest BCUT2D eigenvalue weighted by Gasteiger charge is 2.13. The van der Waals surface area contributed by atoms with Crippen molar-refractivity contribution in [2.24, 2.45) is 0 Å². The second-order valence-electron chi connectivity index (χ2n) is 4.40. The Morgan fingerprint density at radius 3 is 2.94 bits per heavy atom. The molecule has 4 heteroatoms. The third-order valence-corrected chi connectivity index (χ3v) is 3.06. The number of hydrogen-bond acceptors (Lipinski definition) is 4. The predicted octanol–water partition coefficient (Wildman–Crippen LogP) is 1.76. The van der Waals surface area contributed by atoms with E-state index in [-0.39, 0.29) is 17.6 Å². The zero-order valence-corrected chi connectivity index (χ0v) is 9.85. The van der Waals surface area contributed by atoms with Gasteiger partial charge in [-0.25, -0.2) is 0 Å². The van der Waals surface area contributed by atoms with Gasteiger partial charge in [0, 0.05) is 25.3 Å². The van der Waals surface area contributed by atoms with Crippen LogP contribution < -0.4 is 5.32 Å². The summed E-state index contributed by atoms with van der Waals surface area (Å²) >= 11 is 0. The summed E-state index contributed by atoms with van der Waals surface area (Å²) in [5, 5.41) is 22.2. The normalized spacial score (nSPS) is 20.4. The number of para-hydroxylation sites is 1. The van der Waals surface area contributed by atoms with Gasteiger partial charge in [0.2, 0.25) is 0 Å². The molecule has 3 N–H and O–H groups in total. The molecule has 0 aromatic heterocycles. The molecule has 0 radical (unpaired) electrons. The molecule has 1 aromatic rings. The Morgan fingerprint density at radius 2 is 2.18 bits per heavy atom. The summed E-state index contributed by atoms with van der Waals surface area (Å²) in [4.78, 5) is 0. The van der Waals surface area contributed by atoms with Gasteiger partial charge in [-0.3, -0.25) is 0 Å². The van der Waals surface area contributed by atoms with Gasteiger partial charge in [-0.05, 0) is 25.3 Å². The lowest BCUT2D eigenvalue weighted by Gasteiger charge is -2.22. The maximum Gasteiger partial charge on any atom is 0.161 e. The van der Waals surface area contributed by atoms with E-state index in [2.05, 4.69) is 5.32 Å². The number of phenols is 2. The van der Waals surface area contributed by atoms with Crippen molar-refractivity contribution < 1.29 is 14.9 Å². The average molecular weight is 237 g/mol. The highest BCUT2D eigenvalue weighted by Crippen LogP contribution is 2.27. The van der Waals surface area contributed by atoms with Crippen LogP contribution in [0.15, 0.2) is 18.2 Å². The second-order valence-corrected chi connectivity index (χ2v) is 4.40. The highest BCUT2D eigenvalue weighted by molar-refractivity contribution is 5.44. The first-order chi connectivity index (χ1) is 8.27. The van der Waals surface area contributed by atoms with Crippen LogP contribution in [0.25, 0.3) is 0 Å². The minimum absolute atomic E-state index is 0.0374. The molecule has 0 amide bonds. The van der Waals surface area contributed by atoms with Crippen molar-refractivity contribution in [2.45, 2.75) is 31.9 Å². The van der Waals surface area contributed by atoms with Gasteiger partial charge in [0.05, 0.1) is 6.10 Å². The molecule has 1 unspecified atom stereocenters. The van der Waals surface area contributed by atoms with Gasteiger partial charge >= 0.3 is 0 Å². The fourth-order valence-electron chi connectivity index (χ4n) is 2.06. The maximum absolute atomic E-state index is 9.61. The van der Waals surface area contributed by atoms with Crippen LogP contribution in [0.3, 0.4) is 0 Å². The van der Waals surface area contributed by atoms with E-state index in [1.54, 1.807) is 12.1 Å². The van der Waals surface area contributed by atoms with Gasteiger partial charge < -0.3 is 20.3 Å². The first kappa shape index (κ1) is 12.2. The van der Waals surface area contributed by atoms with Gasteiger partial charge in [-0.2, -0.15) is 0 Å².